The summed E-state index contributed by atoms with van der Waals surface area (Å²) in [6, 6.07) is 0.462. The highest BCUT2D eigenvalue weighted by Gasteiger charge is 2.13. The van der Waals surface area contributed by atoms with E-state index in [1.54, 1.807) is 14.2 Å². The predicted molar refractivity (Wildman–Crippen MR) is 70.8 cm³/mol. The van der Waals surface area contributed by atoms with Gasteiger partial charge in [0.2, 0.25) is 0 Å². The first-order valence-electron chi connectivity index (χ1n) is 5.62. The minimum Gasteiger partial charge on any atom is -0.393 e. The molecule has 0 amide bonds. The van der Waals surface area contributed by atoms with E-state index < -0.39 is 0 Å². The first-order valence-corrected chi connectivity index (χ1v) is 6.02. The Hall–Kier alpha value is -0.230. The van der Waals surface area contributed by atoms with Gasteiger partial charge in [0, 0.05) is 46.4 Å². The van der Waals surface area contributed by atoms with Crippen molar-refractivity contribution in [1.82, 2.24) is 4.90 Å². The molecule has 0 aromatic carbocycles. The van der Waals surface area contributed by atoms with Crippen molar-refractivity contribution in [2.24, 2.45) is 5.73 Å². The Bertz CT molecular complexity index is 191. The molecule has 2 N–H and O–H groups in total. The van der Waals surface area contributed by atoms with Gasteiger partial charge in [-0.05, 0) is 13.3 Å². The largest absolute Gasteiger partial charge is 0.393 e. The minimum absolute atomic E-state index is 0.462. The SMILES string of the molecule is COCCC(C)N(CCOC)CCC(N)=S. The van der Waals surface area contributed by atoms with Gasteiger partial charge in [0.25, 0.3) is 0 Å². The average Bonchev–Trinajstić information content (AvgIpc) is 2.25. The van der Waals surface area contributed by atoms with Gasteiger partial charge in [0.05, 0.1) is 11.6 Å². The molecule has 4 nitrogen and oxygen atoms in total. The lowest BCUT2D eigenvalue weighted by Crippen LogP contribution is -2.38. The molecule has 0 saturated carbocycles. The van der Waals surface area contributed by atoms with E-state index in [2.05, 4.69) is 11.8 Å². The number of thiocarbonyl (C=S) groups is 1. The molecule has 16 heavy (non-hydrogen) atoms. The van der Waals surface area contributed by atoms with Gasteiger partial charge in [-0.25, -0.2) is 0 Å². The van der Waals surface area contributed by atoms with Gasteiger partial charge in [0.15, 0.2) is 0 Å². The fourth-order valence-corrected chi connectivity index (χ4v) is 1.58. The number of rotatable bonds is 10. The van der Waals surface area contributed by atoms with E-state index in [1.165, 1.54) is 0 Å². The van der Waals surface area contributed by atoms with E-state index in [1.807, 2.05) is 0 Å². The molecule has 5 heteroatoms. The molecule has 0 rings (SSSR count). The molecule has 96 valence electrons. The molecule has 0 aliphatic heterocycles. The van der Waals surface area contributed by atoms with Crippen molar-refractivity contribution in [3.05, 3.63) is 0 Å². The molecule has 0 radical (unpaired) electrons. The fourth-order valence-electron chi connectivity index (χ4n) is 1.49. The third-order valence-corrected chi connectivity index (χ3v) is 2.80. The Kier molecular flexibility index (Phi) is 9.82. The molecular formula is C11H24N2O2S. The van der Waals surface area contributed by atoms with E-state index in [0.29, 0.717) is 11.0 Å². The number of hydrogen-bond donors (Lipinski definition) is 1. The van der Waals surface area contributed by atoms with Gasteiger partial charge in [-0.3, -0.25) is 4.90 Å². The molecule has 0 aliphatic rings. The van der Waals surface area contributed by atoms with Gasteiger partial charge in [-0.15, -0.1) is 0 Å². The zero-order chi connectivity index (χ0) is 12.4. The summed E-state index contributed by atoms with van der Waals surface area (Å²) < 4.78 is 10.2. The lowest BCUT2D eigenvalue weighted by Gasteiger charge is -2.28. The van der Waals surface area contributed by atoms with Crippen molar-refractivity contribution in [2.75, 3.05) is 40.5 Å². The summed E-state index contributed by atoms with van der Waals surface area (Å²) in [5, 5.41) is 0. The maximum absolute atomic E-state index is 5.52. The summed E-state index contributed by atoms with van der Waals surface area (Å²) in [4.78, 5) is 2.91. The van der Waals surface area contributed by atoms with Crippen LogP contribution in [0, 0.1) is 0 Å². The number of ether oxygens (including phenoxy) is 2. The lowest BCUT2D eigenvalue weighted by molar-refractivity contribution is 0.104. The van der Waals surface area contributed by atoms with Crippen LogP contribution >= 0.6 is 12.2 Å². The Morgan fingerprint density at radius 1 is 1.25 bits per heavy atom. The first kappa shape index (κ1) is 15.8. The lowest BCUT2D eigenvalue weighted by atomic mass is 10.2. The molecule has 0 aliphatic carbocycles. The smallest absolute Gasteiger partial charge is 0.0740 e. The Morgan fingerprint density at radius 2 is 1.88 bits per heavy atom. The van der Waals surface area contributed by atoms with Crippen LogP contribution in [-0.2, 0) is 9.47 Å². The molecule has 0 aromatic heterocycles. The second-order valence-electron chi connectivity index (χ2n) is 3.88. The van der Waals surface area contributed by atoms with Crippen LogP contribution in [0.4, 0.5) is 0 Å². The second kappa shape index (κ2) is 9.96. The summed E-state index contributed by atoms with van der Waals surface area (Å²) in [7, 11) is 3.44. The fraction of sp³-hybridized carbons (Fsp3) is 0.909. The Balaban J connectivity index is 4.00. The summed E-state index contributed by atoms with van der Waals surface area (Å²) in [6.07, 6.45) is 1.77. The van der Waals surface area contributed by atoms with Crippen molar-refractivity contribution < 1.29 is 9.47 Å². The predicted octanol–water partition coefficient (Wildman–Crippen LogP) is 1.04. The standard InChI is InChI=1S/C11H24N2O2S/c1-10(5-8-14-2)13(7-9-15-3)6-4-11(12)16/h10H,4-9H2,1-3H3,(H2,12,16). The van der Waals surface area contributed by atoms with E-state index in [9.17, 15) is 0 Å². The van der Waals surface area contributed by atoms with Gasteiger partial charge in [-0.1, -0.05) is 12.2 Å². The Labute approximate surface area is 104 Å². The summed E-state index contributed by atoms with van der Waals surface area (Å²) in [5.74, 6) is 0. The van der Waals surface area contributed by atoms with Gasteiger partial charge >= 0.3 is 0 Å². The molecule has 0 spiro atoms. The van der Waals surface area contributed by atoms with E-state index in [-0.39, 0.29) is 0 Å². The average molecular weight is 248 g/mol. The highest BCUT2D eigenvalue weighted by atomic mass is 32.1. The van der Waals surface area contributed by atoms with Crippen LogP contribution in [-0.4, -0.2) is 56.5 Å². The minimum atomic E-state index is 0.462. The number of methoxy groups -OCH3 is 2. The van der Waals surface area contributed by atoms with E-state index >= 15 is 0 Å². The van der Waals surface area contributed by atoms with Crippen LogP contribution in [0.15, 0.2) is 0 Å². The van der Waals surface area contributed by atoms with E-state index in [0.717, 1.165) is 39.1 Å². The van der Waals surface area contributed by atoms with Crippen molar-refractivity contribution in [1.29, 1.82) is 0 Å². The van der Waals surface area contributed by atoms with Crippen LogP contribution in [0.1, 0.15) is 19.8 Å². The van der Waals surface area contributed by atoms with Crippen LogP contribution in [0.3, 0.4) is 0 Å². The van der Waals surface area contributed by atoms with Crippen molar-refractivity contribution in [3.63, 3.8) is 0 Å². The van der Waals surface area contributed by atoms with Crippen LogP contribution in [0.25, 0.3) is 0 Å². The highest BCUT2D eigenvalue weighted by molar-refractivity contribution is 7.80. The Morgan fingerprint density at radius 3 is 2.38 bits per heavy atom. The molecule has 0 saturated heterocycles. The van der Waals surface area contributed by atoms with Gasteiger partial charge < -0.3 is 15.2 Å². The third kappa shape index (κ3) is 7.98. The monoisotopic (exact) mass is 248 g/mol. The third-order valence-electron chi connectivity index (χ3n) is 2.59. The van der Waals surface area contributed by atoms with Crippen LogP contribution < -0.4 is 5.73 Å². The molecule has 1 unspecified atom stereocenters. The number of hydrogen-bond acceptors (Lipinski definition) is 4. The zero-order valence-corrected chi connectivity index (χ0v) is 11.4. The normalized spacial score (nSPS) is 13.0. The molecule has 0 fully saturated rings. The quantitative estimate of drug-likeness (QED) is 0.585. The van der Waals surface area contributed by atoms with Crippen LogP contribution in [0.5, 0.6) is 0 Å². The topological polar surface area (TPSA) is 47.7 Å². The molecule has 1 atom stereocenters. The van der Waals surface area contributed by atoms with Crippen molar-refractivity contribution >= 4 is 17.2 Å². The molecule has 0 aromatic rings. The van der Waals surface area contributed by atoms with Gasteiger partial charge in [0.1, 0.15) is 0 Å². The summed E-state index contributed by atoms with van der Waals surface area (Å²) >= 11 is 4.90. The number of nitrogens with two attached hydrogens (primary N) is 1. The zero-order valence-electron chi connectivity index (χ0n) is 10.6. The van der Waals surface area contributed by atoms with Crippen molar-refractivity contribution in [3.8, 4) is 0 Å². The van der Waals surface area contributed by atoms with Crippen molar-refractivity contribution in [2.45, 2.75) is 25.8 Å². The molecule has 0 bridgehead atoms. The summed E-state index contributed by atoms with van der Waals surface area (Å²) in [6.45, 7) is 5.49. The van der Waals surface area contributed by atoms with E-state index in [4.69, 9.17) is 27.4 Å². The highest BCUT2D eigenvalue weighted by Crippen LogP contribution is 2.05. The maximum Gasteiger partial charge on any atom is 0.0740 e. The maximum atomic E-state index is 5.52. The molecular weight excluding hydrogens is 224 g/mol. The first-order chi connectivity index (χ1) is 7.61. The second-order valence-corrected chi connectivity index (χ2v) is 4.40. The molecule has 0 heterocycles. The summed E-state index contributed by atoms with van der Waals surface area (Å²) in [5.41, 5.74) is 5.52. The van der Waals surface area contributed by atoms with Gasteiger partial charge in [-0.2, -0.15) is 0 Å². The number of nitrogens with zero attached hydrogens (tertiary/aromatic N) is 1. The van der Waals surface area contributed by atoms with Crippen LogP contribution in [0.2, 0.25) is 0 Å².